The Bertz CT molecular complexity index is 772. The minimum absolute atomic E-state index is 0.455. The molecule has 1 aliphatic carbocycles. The summed E-state index contributed by atoms with van der Waals surface area (Å²) in [4.78, 5) is 5.09. The summed E-state index contributed by atoms with van der Waals surface area (Å²) < 4.78 is 7.30. The van der Waals surface area contributed by atoms with Gasteiger partial charge in [0.15, 0.2) is 0 Å². The maximum Gasteiger partial charge on any atom is 0.143 e. The van der Waals surface area contributed by atoms with E-state index in [4.69, 9.17) is 10.5 Å². The van der Waals surface area contributed by atoms with Gasteiger partial charge < -0.3 is 15.4 Å². The molecule has 6 nitrogen and oxygen atoms in total. The zero-order valence-corrected chi connectivity index (χ0v) is 15.3. The van der Waals surface area contributed by atoms with Gasteiger partial charge in [-0.2, -0.15) is 5.10 Å². The molecule has 0 amide bonds. The number of nitrogens with two attached hydrogens (primary N) is 1. The van der Waals surface area contributed by atoms with Gasteiger partial charge in [0.1, 0.15) is 5.75 Å². The van der Waals surface area contributed by atoms with Crippen LogP contribution in [-0.2, 0) is 7.05 Å². The Morgan fingerprint density at radius 1 is 1.16 bits per heavy atom. The van der Waals surface area contributed by atoms with Crippen LogP contribution in [0, 0.1) is 0 Å². The number of hydrogen-bond acceptors (Lipinski definition) is 5. The highest BCUT2D eigenvalue weighted by Gasteiger charge is 2.44. The number of methoxy groups -OCH3 is 1. The lowest BCUT2D eigenvalue weighted by Gasteiger charge is -2.40. The molecule has 134 valence electrons. The molecule has 1 saturated heterocycles. The van der Waals surface area contributed by atoms with Crippen LogP contribution < -0.4 is 15.4 Å². The predicted molar refractivity (Wildman–Crippen MR) is 101 cm³/mol. The lowest BCUT2D eigenvalue weighted by atomic mass is 10.0. The van der Waals surface area contributed by atoms with E-state index in [1.54, 1.807) is 7.11 Å². The Morgan fingerprint density at radius 3 is 2.44 bits per heavy atom. The predicted octanol–water partition coefficient (Wildman–Crippen LogP) is 2.35. The summed E-state index contributed by atoms with van der Waals surface area (Å²) in [7, 11) is 3.61. The first kappa shape index (κ1) is 16.3. The summed E-state index contributed by atoms with van der Waals surface area (Å²) in [6.07, 6.45) is 6.60. The van der Waals surface area contributed by atoms with E-state index in [0.717, 1.165) is 43.1 Å². The van der Waals surface area contributed by atoms with Crippen molar-refractivity contribution in [1.82, 2.24) is 14.7 Å². The molecule has 0 radical (unpaired) electrons. The van der Waals surface area contributed by atoms with Crippen molar-refractivity contribution in [2.75, 3.05) is 43.9 Å². The Morgan fingerprint density at radius 2 is 1.88 bits per heavy atom. The van der Waals surface area contributed by atoms with Gasteiger partial charge in [0.2, 0.25) is 0 Å². The topological polar surface area (TPSA) is 59.5 Å². The molecule has 1 aliphatic heterocycles. The van der Waals surface area contributed by atoms with Crippen LogP contribution in [0.3, 0.4) is 0 Å². The fourth-order valence-electron chi connectivity index (χ4n) is 3.80. The Kier molecular flexibility index (Phi) is 3.87. The monoisotopic (exact) mass is 341 g/mol. The Balaban J connectivity index is 1.65. The third-order valence-electron chi connectivity index (χ3n) is 5.72. The molecule has 2 heterocycles. The van der Waals surface area contributed by atoms with Crippen LogP contribution in [0.2, 0.25) is 0 Å². The van der Waals surface area contributed by atoms with Gasteiger partial charge in [-0.1, -0.05) is 0 Å². The Labute approximate surface area is 149 Å². The number of nitrogens with zero attached hydrogens (tertiary/aromatic N) is 4. The standard InChI is InChI=1S/C19H27N5O/c1-19(4-5-19)24-8-6-23(7-9-24)17-11-18(25-3)16(20)10-15(17)14-12-21-22(2)13-14/h10-13H,4-9,20H2,1-3H3. The second-order valence-corrected chi connectivity index (χ2v) is 7.49. The average molecular weight is 341 g/mol. The highest BCUT2D eigenvalue weighted by atomic mass is 16.5. The first-order valence-corrected chi connectivity index (χ1v) is 8.97. The summed E-state index contributed by atoms with van der Waals surface area (Å²) in [5, 5.41) is 4.32. The van der Waals surface area contributed by atoms with Gasteiger partial charge in [0.05, 0.1) is 19.0 Å². The number of nitrogen functional groups attached to an aromatic ring is 1. The molecule has 2 aliphatic rings. The van der Waals surface area contributed by atoms with Gasteiger partial charge in [0.25, 0.3) is 0 Å². The van der Waals surface area contributed by atoms with Gasteiger partial charge in [-0.3, -0.25) is 9.58 Å². The van der Waals surface area contributed by atoms with Gasteiger partial charge >= 0.3 is 0 Å². The van der Waals surface area contributed by atoms with Crippen molar-refractivity contribution >= 4 is 11.4 Å². The fourth-order valence-corrected chi connectivity index (χ4v) is 3.80. The van der Waals surface area contributed by atoms with Gasteiger partial charge in [-0.15, -0.1) is 0 Å². The number of rotatable bonds is 4. The molecular weight excluding hydrogens is 314 g/mol. The van der Waals surface area contributed by atoms with E-state index in [9.17, 15) is 0 Å². The quantitative estimate of drug-likeness (QED) is 0.865. The summed E-state index contributed by atoms with van der Waals surface area (Å²) in [5.41, 5.74) is 10.7. The molecule has 0 spiro atoms. The largest absolute Gasteiger partial charge is 0.495 e. The second-order valence-electron chi connectivity index (χ2n) is 7.49. The van der Waals surface area contributed by atoms with Crippen molar-refractivity contribution < 1.29 is 4.74 Å². The average Bonchev–Trinajstić information content (AvgIpc) is 3.22. The number of benzene rings is 1. The third-order valence-corrected chi connectivity index (χ3v) is 5.72. The first-order valence-electron chi connectivity index (χ1n) is 8.97. The number of piperazine rings is 1. The minimum Gasteiger partial charge on any atom is -0.495 e. The summed E-state index contributed by atoms with van der Waals surface area (Å²) >= 11 is 0. The molecule has 2 N–H and O–H groups in total. The molecule has 1 aromatic heterocycles. The molecule has 4 rings (SSSR count). The van der Waals surface area contributed by atoms with Crippen molar-refractivity contribution in [2.24, 2.45) is 7.05 Å². The molecule has 1 saturated carbocycles. The lowest BCUT2D eigenvalue weighted by molar-refractivity contribution is 0.180. The molecular formula is C19H27N5O. The van der Waals surface area contributed by atoms with Crippen LogP contribution in [0.4, 0.5) is 11.4 Å². The fraction of sp³-hybridized carbons (Fsp3) is 0.526. The van der Waals surface area contributed by atoms with Crippen molar-refractivity contribution in [3.05, 3.63) is 24.5 Å². The number of ether oxygens (including phenoxy) is 1. The van der Waals surface area contributed by atoms with Crippen molar-refractivity contribution in [3.8, 4) is 16.9 Å². The van der Waals surface area contributed by atoms with E-state index < -0.39 is 0 Å². The van der Waals surface area contributed by atoms with Crippen LogP contribution in [0.1, 0.15) is 19.8 Å². The van der Waals surface area contributed by atoms with E-state index in [2.05, 4.69) is 27.9 Å². The lowest BCUT2D eigenvalue weighted by Crippen LogP contribution is -2.50. The number of aromatic nitrogens is 2. The molecule has 0 unspecified atom stereocenters. The van der Waals surface area contributed by atoms with Gasteiger partial charge in [-0.05, 0) is 25.8 Å². The normalized spacial score (nSPS) is 19.9. The number of hydrogen-bond donors (Lipinski definition) is 1. The highest BCUT2D eigenvalue weighted by molar-refractivity contribution is 5.83. The zero-order valence-electron chi connectivity index (χ0n) is 15.3. The SMILES string of the molecule is COc1cc(N2CCN(C3(C)CC3)CC2)c(-c2cnn(C)c2)cc1N. The van der Waals surface area contributed by atoms with E-state index in [1.807, 2.05) is 30.2 Å². The molecule has 25 heavy (non-hydrogen) atoms. The minimum atomic E-state index is 0.455. The summed E-state index contributed by atoms with van der Waals surface area (Å²) in [6, 6.07) is 4.09. The molecule has 6 heteroatoms. The summed E-state index contributed by atoms with van der Waals surface area (Å²) in [6.45, 7) is 6.65. The van der Waals surface area contributed by atoms with Crippen LogP contribution in [0.15, 0.2) is 24.5 Å². The number of aryl methyl sites for hydroxylation is 1. The molecule has 0 atom stereocenters. The molecule has 1 aromatic carbocycles. The van der Waals surface area contributed by atoms with Gasteiger partial charge in [0, 0.05) is 67.8 Å². The summed E-state index contributed by atoms with van der Waals surface area (Å²) in [5.74, 6) is 0.735. The third kappa shape index (κ3) is 2.95. The van der Waals surface area contributed by atoms with Crippen molar-refractivity contribution in [1.29, 1.82) is 0 Å². The van der Waals surface area contributed by atoms with E-state index in [0.29, 0.717) is 11.2 Å². The Hall–Kier alpha value is -2.21. The van der Waals surface area contributed by atoms with Crippen LogP contribution >= 0.6 is 0 Å². The van der Waals surface area contributed by atoms with Crippen molar-refractivity contribution in [3.63, 3.8) is 0 Å². The van der Waals surface area contributed by atoms with Crippen LogP contribution in [0.25, 0.3) is 11.1 Å². The van der Waals surface area contributed by atoms with Crippen LogP contribution in [-0.4, -0.2) is 53.5 Å². The molecule has 0 bridgehead atoms. The molecule has 2 fully saturated rings. The maximum atomic E-state index is 6.18. The second kappa shape index (κ2) is 5.95. The van der Waals surface area contributed by atoms with Gasteiger partial charge in [-0.25, -0.2) is 0 Å². The first-order chi connectivity index (χ1) is 12.0. The smallest absolute Gasteiger partial charge is 0.143 e. The van der Waals surface area contributed by atoms with E-state index in [-0.39, 0.29) is 0 Å². The maximum absolute atomic E-state index is 6.18. The molecule has 2 aromatic rings. The zero-order chi connectivity index (χ0) is 17.6. The van der Waals surface area contributed by atoms with E-state index >= 15 is 0 Å². The highest BCUT2D eigenvalue weighted by Crippen LogP contribution is 2.43. The van der Waals surface area contributed by atoms with Crippen molar-refractivity contribution in [2.45, 2.75) is 25.3 Å². The van der Waals surface area contributed by atoms with Crippen LogP contribution in [0.5, 0.6) is 5.75 Å². The van der Waals surface area contributed by atoms with E-state index in [1.165, 1.54) is 18.5 Å². The number of anilines is 2.